The second-order valence-electron chi connectivity index (χ2n) is 8.06. The van der Waals surface area contributed by atoms with Crippen molar-refractivity contribution < 1.29 is 9.53 Å². The molecule has 3 aromatic heterocycles. The Labute approximate surface area is 186 Å². The number of hydrogen-bond acceptors (Lipinski definition) is 5. The lowest BCUT2D eigenvalue weighted by atomic mass is 10.1. The van der Waals surface area contributed by atoms with Crippen LogP contribution in [-0.4, -0.2) is 46.6 Å². The molecule has 7 nitrogen and oxygen atoms in total. The number of fused-ring (bicyclic) bond motifs is 1. The van der Waals surface area contributed by atoms with Crippen molar-refractivity contribution in [3.63, 3.8) is 0 Å². The van der Waals surface area contributed by atoms with E-state index in [9.17, 15) is 4.79 Å². The van der Waals surface area contributed by atoms with E-state index in [-0.39, 0.29) is 5.91 Å². The summed E-state index contributed by atoms with van der Waals surface area (Å²) in [6, 6.07) is 13.8. The number of benzene rings is 1. The fourth-order valence-corrected chi connectivity index (χ4v) is 3.98. The highest BCUT2D eigenvalue weighted by Crippen LogP contribution is 2.25. The van der Waals surface area contributed by atoms with Crippen LogP contribution in [0.3, 0.4) is 0 Å². The Morgan fingerprint density at radius 2 is 1.88 bits per heavy atom. The van der Waals surface area contributed by atoms with Gasteiger partial charge in [0.1, 0.15) is 5.65 Å². The molecule has 0 spiro atoms. The van der Waals surface area contributed by atoms with E-state index in [2.05, 4.69) is 28.2 Å². The van der Waals surface area contributed by atoms with Crippen LogP contribution in [0.15, 0.2) is 61.1 Å². The number of carbonyl (C=O) groups excluding carboxylic acids is 1. The van der Waals surface area contributed by atoms with E-state index in [1.807, 2.05) is 60.1 Å². The number of anilines is 2. The lowest BCUT2D eigenvalue weighted by molar-refractivity contribution is 0.102. The molecule has 0 radical (unpaired) electrons. The van der Waals surface area contributed by atoms with Crippen LogP contribution in [-0.2, 0) is 4.74 Å². The number of nitrogens with zero attached hydrogens (tertiary/aromatic N) is 4. The van der Waals surface area contributed by atoms with Crippen molar-refractivity contribution in [2.75, 3.05) is 36.5 Å². The number of morpholine rings is 1. The molecule has 0 saturated carbocycles. The van der Waals surface area contributed by atoms with E-state index in [4.69, 9.17) is 9.72 Å². The zero-order valence-corrected chi connectivity index (χ0v) is 18.2. The van der Waals surface area contributed by atoms with Crippen molar-refractivity contribution in [1.29, 1.82) is 0 Å². The Kier molecular flexibility index (Phi) is 5.33. The lowest BCUT2D eigenvalue weighted by Crippen LogP contribution is -2.37. The van der Waals surface area contributed by atoms with Gasteiger partial charge in [-0.25, -0.2) is 9.97 Å². The molecule has 1 saturated heterocycles. The first-order valence-corrected chi connectivity index (χ1v) is 10.7. The van der Waals surface area contributed by atoms with Crippen LogP contribution in [0.1, 0.15) is 21.6 Å². The molecule has 7 heteroatoms. The van der Waals surface area contributed by atoms with Gasteiger partial charge in [-0.15, -0.1) is 0 Å². The van der Waals surface area contributed by atoms with E-state index >= 15 is 0 Å². The number of aryl methyl sites for hydroxylation is 2. The maximum Gasteiger partial charge on any atom is 0.276 e. The van der Waals surface area contributed by atoms with Gasteiger partial charge < -0.3 is 19.4 Å². The van der Waals surface area contributed by atoms with Crippen molar-refractivity contribution in [1.82, 2.24) is 14.4 Å². The third-order valence-corrected chi connectivity index (χ3v) is 5.69. The molecule has 1 aliphatic heterocycles. The van der Waals surface area contributed by atoms with Gasteiger partial charge in [-0.2, -0.15) is 0 Å². The minimum absolute atomic E-state index is 0.220. The third-order valence-electron chi connectivity index (χ3n) is 5.69. The molecule has 0 atom stereocenters. The monoisotopic (exact) mass is 427 g/mol. The Hall–Kier alpha value is -3.71. The first-order valence-electron chi connectivity index (χ1n) is 10.7. The number of carbonyl (C=O) groups is 1. The van der Waals surface area contributed by atoms with E-state index in [1.54, 1.807) is 6.20 Å². The standard InChI is InChI=1S/C25H25N5O2/c1-17-14-22(29-10-12-32-13-11-29)23(26-15-17)25(31)27-20-7-5-19(6-8-20)21-16-30-9-3-4-18(2)24(30)28-21/h3-9,14-16H,10-13H2,1-2H3,(H,27,31). The van der Waals surface area contributed by atoms with Gasteiger partial charge >= 0.3 is 0 Å². The first-order chi connectivity index (χ1) is 15.6. The van der Waals surface area contributed by atoms with Gasteiger partial charge in [-0.05, 0) is 49.2 Å². The van der Waals surface area contributed by atoms with Crippen LogP contribution in [0, 0.1) is 13.8 Å². The summed E-state index contributed by atoms with van der Waals surface area (Å²) in [6.45, 7) is 6.84. The number of amides is 1. The summed E-state index contributed by atoms with van der Waals surface area (Å²) in [5.41, 5.74) is 6.98. The summed E-state index contributed by atoms with van der Waals surface area (Å²) < 4.78 is 7.48. The molecule has 4 heterocycles. The molecule has 1 N–H and O–H groups in total. The fraction of sp³-hybridized carbons (Fsp3) is 0.240. The normalized spacial score (nSPS) is 14.0. The smallest absolute Gasteiger partial charge is 0.276 e. The minimum atomic E-state index is -0.220. The molecule has 1 amide bonds. The second kappa shape index (κ2) is 8.43. The topological polar surface area (TPSA) is 71.8 Å². The molecular formula is C25H25N5O2. The Bertz CT molecular complexity index is 1270. The molecule has 4 aromatic rings. The maximum absolute atomic E-state index is 13.1. The zero-order chi connectivity index (χ0) is 22.1. The number of ether oxygens (including phenoxy) is 1. The molecule has 0 bridgehead atoms. The highest BCUT2D eigenvalue weighted by atomic mass is 16.5. The van der Waals surface area contributed by atoms with E-state index < -0.39 is 0 Å². The number of hydrogen-bond donors (Lipinski definition) is 1. The largest absolute Gasteiger partial charge is 0.378 e. The van der Waals surface area contributed by atoms with Crippen LogP contribution in [0.5, 0.6) is 0 Å². The summed E-state index contributed by atoms with van der Waals surface area (Å²) in [6.07, 6.45) is 5.74. The fourth-order valence-electron chi connectivity index (χ4n) is 3.98. The van der Waals surface area contributed by atoms with Gasteiger partial charge in [0, 0.05) is 42.9 Å². The van der Waals surface area contributed by atoms with Crippen LogP contribution >= 0.6 is 0 Å². The Morgan fingerprint density at radius 1 is 1.09 bits per heavy atom. The van der Waals surface area contributed by atoms with Crippen molar-refractivity contribution in [2.45, 2.75) is 13.8 Å². The highest BCUT2D eigenvalue weighted by molar-refractivity contribution is 6.06. The van der Waals surface area contributed by atoms with Crippen LogP contribution in [0.25, 0.3) is 16.9 Å². The van der Waals surface area contributed by atoms with Gasteiger partial charge in [-0.3, -0.25) is 4.79 Å². The SMILES string of the molecule is Cc1cnc(C(=O)Nc2ccc(-c3cn4cccc(C)c4n3)cc2)c(N2CCOCC2)c1. The van der Waals surface area contributed by atoms with Crippen LogP contribution in [0.4, 0.5) is 11.4 Å². The van der Waals surface area contributed by atoms with E-state index in [0.717, 1.165) is 46.8 Å². The van der Waals surface area contributed by atoms with Gasteiger partial charge in [-0.1, -0.05) is 18.2 Å². The molecule has 5 rings (SSSR count). The molecule has 1 aromatic carbocycles. The van der Waals surface area contributed by atoms with Gasteiger partial charge in [0.25, 0.3) is 5.91 Å². The molecule has 1 fully saturated rings. The van der Waals surface area contributed by atoms with Crippen molar-refractivity contribution in [2.24, 2.45) is 0 Å². The van der Waals surface area contributed by atoms with E-state index in [1.165, 1.54) is 0 Å². The maximum atomic E-state index is 13.1. The summed E-state index contributed by atoms with van der Waals surface area (Å²) in [7, 11) is 0. The molecule has 0 unspecified atom stereocenters. The molecule has 32 heavy (non-hydrogen) atoms. The summed E-state index contributed by atoms with van der Waals surface area (Å²) in [5, 5.41) is 2.99. The molecule has 162 valence electrons. The molecule has 0 aliphatic carbocycles. The van der Waals surface area contributed by atoms with Crippen molar-refractivity contribution in [3.8, 4) is 11.3 Å². The van der Waals surface area contributed by atoms with Crippen molar-refractivity contribution in [3.05, 3.63) is 77.9 Å². The quantitative estimate of drug-likeness (QED) is 0.531. The summed E-state index contributed by atoms with van der Waals surface area (Å²) >= 11 is 0. The number of nitrogens with one attached hydrogen (secondary N) is 1. The zero-order valence-electron chi connectivity index (χ0n) is 18.2. The number of pyridine rings is 2. The predicted molar refractivity (Wildman–Crippen MR) is 125 cm³/mol. The lowest BCUT2D eigenvalue weighted by Gasteiger charge is -2.30. The second-order valence-corrected chi connectivity index (χ2v) is 8.06. The Morgan fingerprint density at radius 3 is 2.62 bits per heavy atom. The van der Waals surface area contributed by atoms with Crippen LogP contribution in [0.2, 0.25) is 0 Å². The predicted octanol–water partition coefficient (Wildman–Crippen LogP) is 4.10. The van der Waals surface area contributed by atoms with E-state index in [0.29, 0.717) is 24.6 Å². The minimum Gasteiger partial charge on any atom is -0.378 e. The van der Waals surface area contributed by atoms with Crippen LogP contribution < -0.4 is 10.2 Å². The third kappa shape index (κ3) is 3.94. The summed E-state index contributed by atoms with van der Waals surface area (Å²) in [4.78, 5) is 24.4. The average Bonchev–Trinajstić information content (AvgIpc) is 3.26. The number of aromatic nitrogens is 3. The Balaban J connectivity index is 1.36. The first kappa shape index (κ1) is 20.2. The van der Waals surface area contributed by atoms with Gasteiger partial charge in [0.05, 0.1) is 24.6 Å². The van der Waals surface area contributed by atoms with Crippen molar-refractivity contribution >= 4 is 22.9 Å². The van der Waals surface area contributed by atoms with Gasteiger partial charge in [0.15, 0.2) is 5.69 Å². The summed E-state index contributed by atoms with van der Waals surface area (Å²) in [5.74, 6) is -0.220. The number of imidazole rings is 1. The average molecular weight is 428 g/mol. The van der Waals surface area contributed by atoms with Gasteiger partial charge in [0.2, 0.25) is 0 Å². The highest BCUT2D eigenvalue weighted by Gasteiger charge is 2.20. The number of rotatable bonds is 4. The molecule has 1 aliphatic rings. The molecular weight excluding hydrogens is 402 g/mol.